The molecule has 0 radical (unpaired) electrons. The Kier molecular flexibility index (Phi) is 2.64. The highest BCUT2D eigenvalue weighted by Gasteiger charge is 2.30. The number of ketones is 1. The van der Waals surface area contributed by atoms with Gasteiger partial charge < -0.3 is 0 Å². The van der Waals surface area contributed by atoms with E-state index in [9.17, 15) is 4.79 Å². The maximum atomic E-state index is 11.2. The predicted octanol–water partition coefficient (Wildman–Crippen LogP) is 3.72. The number of carbonyl (C=O) groups excluding carboxylic acids is 1. The van der Waals surface area contributed by atoms with Crippen molar-refractivity contribution in [3.05, 3.63) is 35.4 Å². The molecule has 0 atom stereocenters. The smallest absolute Gasteiger partial charge is 0.159 e. The van der Waals surface area contributed by atoms with Crippen molar-refractivity contribution in [2.24, 2.45) is 0 Å². The number of hydrogen-bond donors (Lipinski definition) is 0. The molecule has 80 valence electrons. The Labute approximate surface area is 91.5 Å². The normalized spacial score (nSPS) is 19.1. The number of carbonyl (C=O) groups is 1. The van der Waals surface area contributed by atoms with E-state index in [1.54, 1.807) is 6.92 Å². The molecule has 1 fully saturated rings. The summed E-state index contributed by atoms with van der Waals surface area (Å²) in [6, 6.07) is 8.17. The fourth-order valence-electron chi connectivity index (χ4n) is 2.55. The van der Waals surface area contributed by atoms with Crippen molar-refractivity contribution in [3.63, 3.8) is 0 Å². The molecular formula is C14H18O. The van der Waals surface area contributed by atoms with E-state index in [1.165, 1.54) is 31.2 Å². The predicted molar refractivity (Wildman–Crippen MR) is 62.3 cm³/mol. The zero-order valence-electron chi connectivity index (χ0n) is 9.55. The lowest BCUT2D eigenvalue weighted by Crippen LogP contribution is -2.16. The fraction of sp³-hybridized carbons (Fsp3) is 0.500. The van der Waals surface area contributed by atoms with E-state index in [0.717, 1.165) is 5.56 Å². The van der Waals surface area contributed by atoms with Gasteiger partial charge in [0, 0.05) is 5.56 Å². The van der Waals surface area contributed by atoms with Crippen molar-refractivity contribution in [2.75, 3.05) is 0 Å². The van der Waals surface area contributed by atoms with Gasteiger partial charge in [-0.25, -0.2) is 0 Å². The van der Waals surface area contributed by atoms with E-state index >= 15 is 0 Å². The standard InChI is InChI=1S/C14H18O/c1-11(15)12-5-7-13(8-6-12)14(2)9-3-4-10-14/h5-8H,3-4,9-10H2,1-2H3. The van der Waals surface area contributed by atoms with Gasteiger partial charge in [0.15, 0.2) is 5.78 Å². The van der Waals surface area contributed by atoms with Gasteiger partial charge in [-0.1, -0.05) is 44.0 Å². The summed E-state index contributed by atoms with van der Waals surface area (Å²) in [4.78, 5) is 11.2. The average molecular weight is 202 g/mol. The van der Waals surface area contributed by atoms with Crippen LogP contribution >= 0.6 is 0 Å². The molecule has 0 heterocycles. The fourth-order valence-corrected chi connectivity index (χ4v) is 2.55. The molecule has 15 heavy (non-hydrogen) atoms. The van der Waals surface area contributed by atoms with Crippen LogP contribution in [0.5, 0.6) is 0 Å². The van der Waals surface area contributed by atoms with Crippen LogP contribution in [0.1, 0.15) is 55.5 Å². The molecule has 1 aromatic rings. The van der Waals surface area contributed by atoms with E-state index in [-0.39, 0.29) is 5.78 Å². The van der Waals surface area contributed by atoms with Crippen molar-refractivity contribution < 1.29 is 4.79 Å². The van der Waals surface area contributed by atoms with Crippen LogP contribution in [0.15, 0.2) is 24.3 Å². The quantitative estimate of drug-likeness (QED) is 0.668. The maximum Gasteiger partial charge on any atom is 0.159 e. The van der Waals surface area contributed by atoms with E-state index in [2.05, 4.69) is 19.1 Å². The Morgan fingerprint density at radius 3 is 2.13 bits per heavy atom. The third kappa shape index (κ3) is 1.97. The molecule has 1 saturated carbocycles. The Morgan fingerprint density at radius 2 is 1.67 bits per heavy atom. The number of rotatable bonds is 2. The summed E-state index contributed by atoms with van der Waals surface area (Å²) in [6.07, 6.45) is 5.24. The van der Waals surface area contributed by atoms with Crippen LogP contribution < -0.4 is 0 Å². The lowest BCUT2D eigenvalue weighted by atomic mass is 9.81. The highest BCUT2D eigenvalue weighted by Crippen LogP contribution is 2.40. The third-order valence-corrected chi connectivity index (χ3v) is 3.70. The van der Waals surface area contributed by atoms with Gasteiger partial charge in [0.2, 0.25) is 0 Å². The maximum absolute atomic E-state index is 11.2. The SMILES string of the molecule is CC(=O)c1ccc(C2(C)CCCC2)cc1. The zero-order valence-corrected chi connectivity index (χ0v) is 9.55. The second kappa shape index (κ2) is 3.80. The molecule has 1 nitrogen and oxygen atoms in total. The van der Waals surface area contributed by atoms with Gasteiger partial charge in [0.05, 0.1) is 0 Å². The first kappa shape index (κ1) is 10.4. The Morgan fingerprint density at radius 1 is 1.13 bits per heavy atom. The van der Waals surface area contributed by atoms with E-state index < -0.39 is 0 Å². The summed E-state index contributed by atoms with van der Waals surface area (Å²) in [5.41, 5.74) is 2.57. The zero-order chi connectivity index (χ0) is 10.9. The molecule has 0 bridgehead atoms. The van der Waals surface area contributed by atoms with Crippen LogP contribution in [0.3, 0.4) is 0 Å². The summed E-state index contributed by atoms with van der Waals surface area (Å²) in [6.45, 7) is 3.95. The first-order chi connectivity index (χ1) is 7.12. The minimum absolute atomic E-state index is 0.151. The summed E-state index contributed by atoms with van der Waals surface area (Å²) in [7, 11) is 0. The molecule has 0 aromatic heterocycles. The highest BCUT2D eigenvalue weighted by molar-refractivity contribution is 5.94. The second-order valence-electron chi connectivity index (χ2n) is 4.90. The van der Waals surface area contributed by atoms with Gasteiger partial charge in [0.1, 0.15) is 0 Å². The van der Waals surface area contributed by atoms with E-state index in [1.807, 2.05) is 12.1 Å². The number of hydrogen-bond acceptors (Lipinski definition) is 1. The first-order valence-corrected chi connectivity index (χ1v) is 5.73. The lowest BCUT2D eigenvalue weighted by molar-refractivity contribution is 0.101. The third-order valence-electron chi connectivity index (χ3n) is 3.70. The molecule has 0 amide bonds. The van der Waals surface area contributed by atoms with Crippen LogP contribution in [-0.2, 0) is 5.41 Å². The Balaban J connectivity index is 2.26. The van der Waals surface area contributed by atoms with Crippen molar-refractivity contribution in [2.45, 2.75) is 44.9 Å². The Bertz CT molecular complexity index is 355. The number of benzene rings is 1. The molecule has 0 saturated heterocycles. The van der Waals surface area contributed by atoms with Crippen molar-refractivity contribution in [1.29, 1.82) is 0 Å². The van der Waals surface area contributed by atoms with Gasteiger partial charge >= 0.3 is 0 Å². The molecule has 1 aliphatic rings. The topological polar surface area (TPSA) is 17.1 Å². The summed E-state index contributed by atoms with van der Waals surface area (Å²) in [5.74, 6) is 0.151. The van der Waals surface area contributed by atoms with Crippen LogP contribution in [0, 0.1) is 0 Å². The summed E-state index contributed by atoms with van der Waals surface area (Å²) in [5, 5.41) is 0. The van der Waals surface area contributed by atoms with Crippen molar-refractivity contribution in [3.8, 4) is 0 Å². The molecule has 1 aromatic carbocycles. The van der Waals surface area contributed by atoms with Gasteiger partial charge in [-0.15, -0.1) is 0 Å². The first-order valence-electron chi connectivity index (χ1n) is 5.73. The number of Topliss-reactive ketones (excluding diaryl/α,β-unsaturated/α-hetero) is 1. The average Bonchev–Trinajstić information content (AvgIpc) is 2.67. The van der Waals surface area contributed by atoms with Crippen molar-refractivity contribution >= 4 is 5.78 Å². The largest absolute Gasteiger partial charge is 0.295 e. The molecule has 2 rings (SSSR count). The van der Waals surface area contributed by atoms with Gasteiger partial charge in [0.25, 0.3) is 0 Å². The minimum Gasteiger partial charge on any atom is -0.295 e. The lowest BCUT2D eigenvalue weighted by Gasteiger charge is -2.24. The summed E-state index contributed by atoms with van der Waals surface area (Å²) < 4.78 is 0. The van der Waals surface area contributed by atoms with E-state index in [0.29, 0.717) is 5.41 Å². The monoisotopic (exact) mass is 202 g/mol. The van der Waals surface area contributed by atoms with Gasteiger partial charge in [-0.05, 0) is 30.7 Å². The Hall–Kier alpha value is -1.11. The molecular weight excluding hydrogens is 184 g/mol. The van der Waals surface area contributed by atoms with E-state index in [4.69, 9.17) is 0 Å². The summed E-state index contributed by atoms with van der Waals surface area (Å²) >= 11 is 0. The molecule has 0 unspecified atom stereocenters. The second-order valence-corrected chi connectivity index (χ2v) is 4.90. The van der Waals surface area contributed by atoms with Crippen LogP contribution in [0.25, 0.3) is 0 Å². The van der Waals surface area contributed by atoms with Crippen molar-refractivity contribution in [1.82, 2.24) is 0 Å². The van der Waals surface area contributed by atoms with Crippen LogP contribution in [0.4, 0.5) is 0 Å². The highest BCUT2D eigenvalue weighted by atomic mass is 16.1. The minimum atomic E-state index is 0.151. The molecule has 0 aliphatic heterocycles. The molecule has 1 aliphatic carbocycles. The van der Waals surface area contributed by atoms with Gasteiger partial charge in [-0.3, -0.25) is 4.79 Å². The molecule has 0 N–H and O–H groups in total. The van der Waals surface area contributed by atoms with Gasteiger partial charge in [-0.2, -0.15) is 0 Å². The van der Waals surface area contributed by atoms with Crippen LogP contribution in [-0.4, -0.2) is 5.78 Å². The van der Waals surface area contributed by atoms with Crippen LogP contribution in [0.2, 0.25) is 0 Å². The molecule has 0 spiro atoms. The molecule has 1 heteroatoms.